The number of carboxylic acids is 2. The summed E-state index contributed by atoms with van der Waals surface area (Å²) in [5, 5.41) is 18.0. The van der Waals surface area contributed by atoms with E-state index in [2.05, 4.69) is 6.58 Å². The van der Waals surface area contributed by atoms with Gasteiger partial charge in [-0.25, -0.2) is 4.73 Å². The third kappa shape index (κ3) is 7.09. The van der Waals surface area contributed by atoms with Gasteiger partial charge in [0.15, 0.2) is 8.24 Å². The van der Waals surface area contributed by atoms with E-state index in [1.54, 1.807) is 6.92 Å². The SMILES string of the molecule is C=C(C)CON(C(CCC(=O)O)C(=O)O)[Si](C)(C)C. The van der Waals surface area contributed by atoms with E-state index in [9.17, 15) is 14.7 Å². The molecule has 0 aromatic carbocycles. The smallest absolute Gasteiger partial charge is 0.322 e. The minimum Gasteiger partial charge on any atom is -0.481 e. The van der Waals surface area contributed by atoms with Gasteiger partial charge in [0.2, 0.25) is 0 Å². The van der Waals surface area contributed by atoms with Crippen molar-refractivity contribution in [2.24, 2.45) is 0 Å². The van der Waals surface area contributed by atoms with Gasteiger partial charge in [-0.2, -0.15) is 0 Å². The number of rotatable bonds is 9. The fourth-order valence-electron chi connectivity index (χ4n) is 1.53. The molecular formula is C12H23NO5Si. The second-order valence-corrected chi connectivity index (χ2v) is 10.3. The van der Waals surface area contributed by atoms with Crippen LogP contribution in [-0.2, 0) is 14.4 Å². The fraction of sp³-hybridized carbons (Fsp3) is 0.667. The Morgan fingerprint density at radius 3 is 2.16 bits per heavy atom. The van der Waals surface area contributed by atoms with Gasteiger partial charge in [0.05, 0.1) is 6.61 Å². The van der Waals surface area contributed by atoms with Crippen LogP contribution in [0.4, 0.5) is 0 Å². The van der Waals surface area contributed by atoms with Gasteiger partial charge in [-0.15, -0.1) is 0 Å². The molecule has 0 aliphatic carbocycles. The van der Waals surface area contributed by atoms with Crippen LogP contribution in [0.3, 0.4) is 0 Å². The Hall–Kier alpha value is -1.18. The zero-order valence-electron chi connectivity index (χ0n) is 12.0. The number of nitrogens with zero attached hydrogens (tertiary/aromatic N) is 1. The molecule has 1 atom stereocenters. The zero-order chi connectivity index (χ0) is 15.2. The predicted octanol–water partition coefficient (Wildman–Crippen LogP) is 1.95. The predicted molar refractivity (Wildman–Crippen MR) is 74.2 cm³/mol. The number of carboxylic acid groups (broad SMARTS) is 2. The molecule has 0 bridgehead atoms. The highest BCUT2D eigenvalue weighted by molar-refractivity contribution is 6.73. The molecule has 0 aromatic heterocycles. The maximum absolute atomic E-state index is 11.3. The van der Waals surface area contributed by atoms with Crippen LogP contribution < -0.4 is 0 Å². The normalized spacial score (nSPS) is 13.3. The largest absolute Gasteiger partial charge is 0.481 e. The molecule has 0 aliphatic heterocycles. The van der Waals surface area contributed by atoms with Crippen molar-refractivity contribution in [3.05, 3.63) is 12.2 Å². The molecule has 0 saturated heterocycles. The van der Waals surface area contributed by atoms with Crippen LogP contribution in [0.2, 0.25) is 19.6 Å². The summed E-state index contributed by atoms with van der Waals surface area (Å²) in [7, 11) is -2.06. The summed E-state index contributed by atoms with van der Waals surface area (Å²) in [6.07, 6.45) is -0.181. The highest BCUT2D eigenvalue weighted by atomic mass is 28.3. The van der Waals surface area contributed by atoms with Crippen molar-refractivity contribution in [3.8, 4) is 0 Å². The average Bonchev–Trinajstić information content (AvgIpc) is 2.19. The molecule has 0 spiro atoms. The Bertz CT molecular complexity index is 351. The summed E-state index contributed by atoms with van der Waals surface area (Å²) in [6.45, 7) is 11.6. The van der Waals surface area contributed by atoms with Crippen LogP contribution >= 0.6 is 0 Å². The molecule has 0 aliphatic rings. The van der Waals surface area contributed by atoms with Crippen LogP contribution in [0.1, 0.15) is 19.8 Å². The van der Waals surface area contributed by atoms with Crippen molar-refractivity contribution in [2.45, 2.75) is 45.4 Å². The Morgan fingerprint density at radius 2 is 1.84 bits per heavy atom. The molecule has 19 heavy (non-hydrogen) atoms. The van der Waals surface area contributed by atoms with E-state index in [0.717, 1.165) is 5.57 Å². The highest BCUT2D eigenvalue weighted by Gasteiger charge is 2.36. The molecule has 0 saturated carbocycles. The summed E-state index contributed by atoms with van der Waals surface area (Å²) < 4.78 is 1.48. The standard InChI is InChI=1S/C12H23NO5Si/c1-9(2)8-18-13(19(3,4)5)10(12(16)17)6-7-11(14)15/h10H,1,6-8H2,2-5H3,(H,14,15)(H,16,17). The maximum atomic E-state index is 11.3. The number of aliphatic carboxylic acids is 2. The summed E-state index contributed by atoms with van der Waals surface area (Å²) in [6, 6.07) is -0.942. The Labute approximate surface area is 114 Å². The van der Waals surface area contributed by atoms with E-state index >= 15 is 0 Å². The Morgan fingerprint density at radius 1 is 1.32 bits per heavy atom. The number of hydroxylamine groups is 1. The molecule has 0 radical (unpaired) electrons. The first-order chi connectivity index (χ1) is 8.55. The first kappa shape index (κ1) is 17.8. The van der Waals surface area contributed by atoms with E-state index in [-0.39, 0.29) is 19.4 Å². The summed E-state index contributed by atoms with van der Waals surface area (Å²) >= 11 is 0. The van der Waals surface area contributed by atoms with E-state index in [4.69, 9.17) is 9.94 Å². The first-order valence-electron chi connectivity index (χ1n) is 6.07. The van der Waals surface area contributed by atoms with Crippen LogP contribution in [0.5, 0.6) is 0 Å². The highest BCUT2D eigenvalue weighted by Crippen LogP contribution is 2.19. The average molecular weight is 289 g/mol. The third-order valence-corrected chi connectivity index (χ3v) is 4.07. The Kier molecular flexibility index (Phi) is 6.95. The van der Waals surface area contributed by atoms with Crippen molar-refractivity contribution in [1.82, 2.24) is 4.73 Å². The van der Waals surface area contributed by atoms with Crippen molar-refractivity contribution >= 4 is 20.2 Å². The van der Waals surface area contributed by atoms with Crippen molar-refractivity contribution in [1.29, 1.82) is 0 Å². The quantitative estimate of drug-likeness (QED) is 0.383. The monoisotopic (exact) mass is 289 g/mol. The molecule has 110 valence electrons. The molecule has 1 unspecified atom stereocenters. The number of hydrogen-bond donors (Lipinski definition) is 2. The van der Waals surface area contributed by atoms with Crippen LogP contribution in [0.25, 0.3) is 0 Å². The zero-order valence-corrected chi connectivity index (χ0v) is 13.0. The lowest BCUT2D eigenvalue weighted by Gasteiger charge is -2.37. The molecule has 6 nitrogen and oxygen atoms in total. The minimum absolute atomic E-state index is 0.0190. The maximum Gasteiger partial charge on any atom is 0.322 e. The lowest BCUT2D eigenvalue weighted by Crippen LogP contribution is -2.55. The van der Waals surface area contributed by atoms with E-state index < -0.39 is 26.2 Å². The van der Waals surface area contributed by atoms with E-state index in [1.807, 2.05) is 19.6 Å². The third-order valence-electron chi connectivity index (χ3n) is 2.31. The molecular weight excluding hydrogens is 266 g/mol. The van der Waals surface area contributed by atoms with E-state index in [0.29, 0.717) is 0 Å². The molecule has 0 fully saturated rings. The molecule has 2 N–H and O–H groups in total. The number of carbonyl (C=O) groups is 2. The minimum atomic E-state index is -2.06. The molecule has 0 rings (SSSR count). The van der Waals surface area contributed by atoms with Gasteiger partial charge >= 0.3 is 11.9 Å². The second kappa shape index (κ2) is 7.42. The van der Waals surface area contributed by atoms with Gasteiger partial charge in [-0.05, 0) is 13.3 Å². The second-order valence-electron chi connectivity index (χ2n) is 5.51. The molecule has 0 aromatic rings. The molecule has 7 heteroatoms. The summed E-state index contributed by atoms with van der Waals surface area (Å²) in [5.41, 5.74) is 0.783. The fourth-order valence-corrected chi connectivity index (χ4v) is 3.16. The van der Waals surface area contributed by atoms with Crippen LogP contribution in [0.15, 0.2) is 12.2 Å². The topological polar surface area (TPSA) is 87.1 Å². The van der Waals surface area contributed by atoms with Gasteiger partial charge in [0.25, 0.3) is 0 Å². The van der Waals surface area contributed by atoms with Crippen molar-refractivity contribution in [2.75, 3.05) is 6.61 Å². The Balaban J connectivity index is 4.97. The van der Waals surface area contributed by atoms with Gasteiger partial charge in [0, 0.05) is 6.42 Å². The van der Waals surface area contributed by atoms with Crippen LogP contribution in [-0.4, -0.2) is 47.8 Å². The molecule has 0 heterocycles. The van der Waals surface area contributed by atoms with Gasteiger partial charge in [-0.3, -0.25) is 9.59 Å². The van der Waals surface area contributed by atoms with Gasteiger partial charge in [0.1, 0.15) is 6.04 Å². The molecule has 0 amide bonds. The van der Waals surface area contributed by atoms with E-state index in [1.165, 1.54) is 4.73 Å². The number of hydrogen-bond acceptors (Lipinski definition) is 4. The first-order valence-corrected chi connectivity index (χ1v) is 9.51. The lowest BCUT2D eigenvalue weighted by atomic mass is 10.2. The lowest BCUT2D eigenvalue weighted by molar-refractivity contribution is -0.165. The van der Waals surface area contributed by atoms with Crippen molar-refractivity contribution in [3.63, 3.8) is 0 Å². The summed E-state index contributed by atoms with van der Waals surface area (Å²) in [4.78, 5) is 27.5. The van der Waals surface area contributed by atoms with Crippen molar-refractivity contribution < 1.29 is 24.6 Å². The van der Waals surface area contributed by atoms with Gasteiger partial charge in [-0.1, -0.05) is 31.8 Å². The van der Waals surface area contributed by atoms with Crippen LogP contribution in [0, 0.1) is 0 Å². The summed E-state index contributed by atoms with van der Waals surface area (Å²) in [5.74, 6) is -2.08. The van der Waals surface area contributed by atoms with Gasteiger partial charge < -0.3 is 15.1 Å².